The normalized spacial score (nSPS) is 11.3. The molecule has 0 aliphatic rings. The number of hydrogen-bond acceptors (Lipinski definition) is 1. The minimum absolute atomic E-state index is 0.810. The van der Waals surface area contributed by atoms with Crippen LogP contribution >= 0.6 is 0 Å². The van der Waals surface area contributed by atoms with Gasteiger partial charge < -0.3 is 4.74 Å². The fraction of sp³-hybridized carbons (Fsp3) is 0.250. The van der Waals surface area contributed by atoms with Crippen molar-refractivity contribution in [2.75, 3.05) is 0 Å². The molecule has 0 fully saturated rings. The van der Waals surface area contributed by atoms with Gasteiger partial charge in [-0.3, -0.25) is 0 Å². The molecule has 0 atom stereocenters. The van der Waals surface area contributed by atoms with Crippen LogP contribution in [0.15, 0.2) is 0 Å². The highest BCUT2D eigenvalue weighted by Crippen LogP contribution is 2.26. The van der Waals surface area contributed by atoms with E-state index in [9.17, 15) is 35.1 Å². The third kappa shape index (κ3) is 3.20. The van der Waals surface area contributed by atoms with Crippen molar-refractivity contribution in [3.8, 4) is 0 Å². The molecule has 2 aromatic rings. The average molecular weight is 370 g/mol. The molecule has 1 nitrogen and oxygen atoms in total. The molecule has 25 heavy (non-hydrogen) atoms. The van der Waals surface area contributed by atoms with Gasteiger partial charge in [-0.05, 0) is 13.8 Å². The van der Waals surface area contributed by atoms with Crippen molar-refractivity contribution < 1.29 is 39.9 Å². The number of ether oxygens (including phenoxy) is 1. The van der Waals surface area contributed by atoms with Crippen LogP contribution in [0.1, 0.15) is 22.3 Å². The Balaban J connectivity index is 2.29. The Morgan fingerprint density at radius 1 is 0.480 bits per heavy atom. The zero-order valence-corrected chi connectivity index (χ0v) is 12.8. The van der Waals surface area contributed by atoms with Crippen LogP contribution in [0.4, 0.5) is 35.1 Å². The van der Waals surface area contributed by atoms with Crippen LogP contribution in [0.25, 0.3) is 0 Å². The van der Waals surface area contributed by atoms with Crippen molar-refractivity contribution in [1.82, 2.24) is 0 Å². The molecule has 0 aliphatic carbocycles. The van der Waals surface area contributed by atoms with E-state index in [2.05, 4.69) is 4.74 Å². The molecule has 0 bridgehead atoms. The van der Waals surface area contributed by atoms with E-state index >= 15 is 0 Å². The van der Waals surface area contributed by atoms with E-state index in [1.165, 1.54) is 0 Å². The van der Waals surface area contributed by atoms with E-state index in [-0.39, 0.29) is 0 Å². The largest absolute Gasteiger partial charge is 0.372 e. The van der Waals surface area contributed by atoms with Gasteiger partial charge in [0, 0.05) is 11.1 Å². The van der Waals surface area contributed by atoms with Crippen molar-refractivity contribution in [2.24, 2.45) is 0 Å². The quantitative estimate of drug-likeness (QED) is 0.535. The molecule has 0 unspecified atom stereocenters. The van der Waals surface area contributed by atoms with Crippen LogP contribution < -0.4 is 0 Å². The van der Waals surface area contributed by atoms with Gasteiger partial charge in [-0.25, -0.2) is 35.1 Å². The summed E-state index contributed by atoms with van der Waals surface area (Å²) in [5.74, 6) is -13.6. The molecule has 136 valence electrons. The smallest absolute Gasteiger partial charge is 0.167 e. The van der Waals surface area contributed by atoms with Gasteiger partial charge in [-0.2, -0.15) is 0 Å². The van der Waals surface area contributed by atoms with E-state index in [0.29, 0.717) is 0 Å². The molecule has 0 radical (unpaired) electrons. The number of hydrogen-bond donors (Lipinski definition) is 0. The van der Waals surface area contributed by atoms with Gasteiger partial charge in [-0.1, -0.05) is 0 Å². The average Bonchev–Trinajstić information content (AvgIpc) is 2.60. The van der Waals surface area contributed by atoms with Crippen LogP contribution in [-0.4, -0.2) is 0 Å². The van der Waals surface area contributed by atoms with Crippen molar-refractivity contribution in [3.63, 3.8) is 0 Å². The van der Waals surface area contributed by atoms with E-state index < -0.39 is 82.0 Å². The maximum Gasteiger partial charge on any atom is 0.167 e. The molecule has 2 rings (SSSR count). The molecule has 0 N–H and O–H groups in total. The van der Waals surface area contributed by atoms with Gasteiger partial charge in [0.05, 0.1) is 24.3 Å². The Bertz CT molecular complexity index is 719. The highest BCUT2D eigenvalue weighted by molar-refractivity contribution is 5.30. The Morgan fingerprint density at radius 2 is 0.720 bits per heavy atom. The lowest BCUT2D eigenvalue weighted by Gasteiger charge is -2.12. The first-order valence-electron chi connectivity index (χ1n) is 6.80. The summed E-state index contributed by atoms with van der Waals surface area (Å²) < 4.78 is 113. The van der Waals surface area contributed by atoms with Gasteiger partial charge >= 0.3 is 0 Å². The summed E-state index contributed by atoms with van der Waals surface area (Å²) in [6, 6.07) is 0. The number of rotatable bonds is 4. The fourth-order valence-corrected chi connectivity index (χ4v) is 2.08. The summed E-state index contributed by atoms with van der Waals surface area (Å²) in [4.78, 5) is 0. The van der Waals surface area contributed by atoms with Crippen LogP contribution in [-0.2, 0) is 18.0 Å². The monoisotopic (exact) mass is 370 g/mol. The van der Waals surface area contributed by atoms with Gasteiger partial charge in [0.1, 0.15) is 0 Å². The highest BCUT2D eigenvalue weighted by Gasteiger charge is 2.25. The Morgan fingerprint density at radius 3 is 0.960 bits per heavy atom. The lowest BCUT2D eigenvalue weighted by atomic mass is 10.1. The van der Waals surface area contributed by atoms with Gasteiger partial charge in [0.15, 0.2) is 46.5 Å². The Labute approximate surface area is 136 Å². The first-order valence-corrected chi connectivity index (χ1v) is 6.80. The first-order chi connectivity index (χ1) is 11.6. The van der Waals surface area contributed by atoms with E-state index in [1.54, 1.807) is 0 Å². The number of benzene rings is 2. The molecule has 0 spiro atoms. The highest BCUT2D eigenvalue weighted by atomic mass is 19.2. The maximum absolute atomic E-state index is 13.6. The SMILES string of the molecule is Cc1c(F)c(F)c(COCc2c(F)c(F)c(C)c(F)c2F)c(F)c1F. The molecule has 0 amide bonds. The topological polar surface area (TPSA) is 9.23 Å². The van der Waals surface area contributed by atoms with Crippen molar-refractivity contribution in [1.29, 1.82) is 0 Å². The molecule has 0 aliphatic heterocycles. The minimum atomic E-state index is -1.74. The summed E-state index contributed by atoms with van der Waals surface area (Å²) in [6.07, 6.45) is 0. The predicted molar refractivity (Wildman–Crippen MR) is 70.5 cm³/mol. The third-order valence-corrected chi connectivity index (χ3v) is 3.64. The summed E-state index contributed by atoms with van der Waals surface area (Å²) in [5, 5.41) is 0. The van der Waals surface area contributed by atoms with E-state index in [1.807, 2.05) is 0 Å². The second kappa shape index (κ2) is 6.99. The number of halogens is 8. The minimum Gasteiger partial charge on any atom is -0.372 e. The van der Waals surface area contributed by atoms with E-state index in [4.69, 9.17) is 0 Å². The third-order valence-electron chi connectivity index (χ3n) is 3.64. The summed E-state index contributed by atoms with van der Waals surface area (Å²) >= 11 is 0. The van der Waals surface area contributed by atoms with Gasteiger partial charge in [0.2, 0.25) is 0 Å². The molecule has 0 saturated carbocycles. The lowest BCUT2D eigenvalue weighted by molar-refractivity contribution is 0.0951. The second-order valence-electron chi connectivity index (χ2n) is 5.21. The zero-order valence-electron chi connectivity index (χ0n) is 12.8. The summed E-state index contributed by atoms with van der Waals surface area (Å²) in [7, 11) is 0. The van der Waals surface area contributed by atoms with Gasteiger partial charge in [-0.15, -0.1) is 0 Å². The van der Waals surface area contributed by atoms with E-state index in [0.717, 1.165) is 13.8 Å². The molecular weight excluding hydrogens is 360 g/mol. The van der Waals surface area contributed by atoms with Crippen LogP contribution in [0.2, 0.25) is 0 Å². The second-order valence-corrected chi connectivity index (χ2v) is 5.21. The lowest BCUT2D eigenvalue weighted by Crippen LogP contribution is -2.10. The molecule has 0 heterocycles. The van der Waals surface area contributed by atoms with Crippen LogP contribution in [0.3, 0.4) is 0 Å². The zero-order chi connectivity index (χ0) is 19.0. The summed E-state index contributed by atoms with van der Waals surface area (Å²) in [5.41, 5.74) is -4.10. The predicted octanol–water partition coefficient (Wildman–Crippen LogP) is 5.13. The van der Waals surface area contributed by atoms with Crippen molar-refractivity contribution in [3.05, 3.63) is 68.8 Å². The first kappa shape index (κ1) is 19.2. The Hall–Kier alpha value is -2.16. The molecule has 9 heteroatoms. The molecule has 2 aromatic carbocycles. The molecular formula is C16H10F8O. The van der Waals surface area contributed by atoms with Crippen molar-refractivity contribution in [2.45, 2.75) is 27.1 Å². The van der Waals surface area contributed by atoms with Crippen molar-refractivity contribution >= 4 is 0 Å². The molecule has 0 aromatic heterocycles. The standard InChI is InChI=1S/C16H10F8O/c1-5-9(17)13(21)7(14(22)10(5)18)3-25-4-8-15(23)11(19)6(2)12(20)16(8)24/h3-4H2,1-2H3. The van der Waals surface area contributed by atoms with Crippen LogP contribution in [0.5, 0.6) is 0 Å². The van der Waals surface area contributed by atoms with Gasteiger partial charge in [0.25, 0.3) is 0 Å². The maximum atomic E-state index is 13.6. The summed E-state index contributed by atoms with van der Waals surface area (Å²) in [6.45, 7) is -0.627. The fourth-order valence-electron chi connectivity index (χ4n) is 2.08. The molecule has 0 saturated heterocycles. The van der Waals surface area contributed by atoms with Crippen LogP contribution in [0, 0.1) is 60.4 Å². The Kier molecular flexibility index (Phi) is 5.36.